The van der Waals surface area contributed by atoms with Gasteiger partial charge in [-0.3, -0.25) is 4.79 Å². The highest BCUT2D eigenvalue weighted by molar-refractivity contribution is 6.36. The summed E-state index contributed by atoms with van der Waals surface area (Å²) in [6.07, 6.45) is 1.42. The fourth-order valence-corrected chi connectivity index (χ4v) is 0.838. The molecule has 56 valence electrons. The lowest BCUT2D eigenvalue weighted by Crippen LogP contribution is -2.13. The van der Waals surface area contributed by atoms with Gasteiger partial charge >= 0.3 is 0 Å². The smallest absolute Gasteiger partial charge is 0.253 e. The molecular formula is C7H11NO2. The maximum atomic E-state index is 11.0. The van der Waals surface area contributed by atoms with Gasteiger partial charge in [0.05, 0.1) is 6.54 Å². The van der Waals surface area contributed by atoms with Gasteiger partial charge in [-0.1, -0.05) is 6.92 Å². The number of ketones is 1. The summed E-state index contributed by atoms with van der Waals surface area (Å²) in [5, 5.41) is 0. The van der Waals surface area contributed by atoms with Crippen LogP contribution in [0.4, 0.5) is 0 Å². The fourth-order valence-electron chi connectivity index (χ4n) is 0.838. The van der Waals surface area contributed by atoms with Gasteiger partial charge in [0.1, 0.15) is 6.61 Å². The molecule has 1 aliphatic rings. The summed E-state index contributed by atoms with van der Waals surface area (Å²) >= 11 is 0. The fraction of sp³-hybridized carbons (Fsp3) is 0.714. The molecule has 0 aromatic rings. The SMILES string of the molecule is CCCC(=O)C1=NCCO1. The third-order valence-corrected chi connectivity index (χ3v) is 1.30. The van der Waals surface area contributed by atoms with Gasteiger partial charge in [-0.05, 0) is 6.42 Å². The van der Waals surface area contributed by atoms with Gasteiger partial charge in [-0.15, -0.1) is 0 Å². The maximum Gasteiger partial charge on any atom is 0.253 e. The highest BCUT2D eigenvalue weighted by atomic mass is 16.5. The molecular weight excluding hydrogens is 130 g/mol. The van der Waals surface area contributed by atoms with Crippen LogP contribution < -0.4 is 0 Å². The summed E-state index contributed by atoms with van der Waals surface area (Å²) in [6, 6.07) is 0. The van der Waals surface area contributed by atoms with Gasteiger partial charge in [0, 0.05) is 6.42 Å². The van der Waals surface area contributed by atoms with Gasteiger partial charge < -0.3 is 4.74 Å². The molecule has 3 heteroatoms. The number of ether oxygens (including phenoxy) is 1. The van der Waals surface area contributed by atoms with E-state index in [1.54, 1.807) is 0 Å². The van der Waals surface area contributed by atoms with Crippen LogP contribution in [0.25, 0.3) is 0 Å². The Bertz CT molecular complexity index is 163. The van der Waals surface area contributed by atoms with Crippen LogP contribution in [0.1, 0.15) is 19.8 Å². The van der Waals surface area contributed by atoms with Crippen molar-refractivity contribution in [2.24, 2.45) is 4.99 Å². The molecule has 0 bridgehead atoms. The molecule has 0 fully saturated rings. The molecule has 0 aromatic carbocycles. The third-order valence-electron chi connectivity index (χ3n) is 1.30. The average Bonchev–Trinajstić information content (AvgIpc) is 2.38. The quantitative estimate of drug-likeness (QED) is 0.582. The number of nitrogens with zero attached hydrogens (tertiary/aromatic N) is 1. The van der Waals surface area contributed by atoms with Gasteiger partial charge in [0.15, 0.2) is 0 Å². The van der Waals surface area contributed by atoms with Crippen molar-refractivity contribution in [1.29, 1.82) is 0 Å². The number of hydrogen-bond donors (Lipinski definition) is 0. The zero-order chi connectivity index (χ0) is 7.40. The Morgan fingerprint density at radius 1 is 1.80 bits per heavy atom. The second-order valence-corrected chi connectivity index (χ2v) is 2.21. The summed E-state index contributed by atoms with van der Waals surface area (Å²) < 4.78 is 4.97. The largest absolute Gasteiger partial charge is 0.473 e. The Labute approximate surface area is 60.1 Å². The van der Waals surface area contributed by atoms with Crippen LogP contribution in [0, 0.1) is 0 Å². The van der Waals surface area contributed by atoms with Crippen LogP contribution in [0.3, 0.4) is 0 Å². The van der Waals surface area contributed by atoms with Gasteiger partial charge in [-0.2, -0.15) is 0 Å². The molecule has 0 aliphatic carbocycles. The summed E-state index contributed by atoms with van der Waals surface area (Å²) in [5.41, 5.74) is 0. The van der Waals surface area contributed by atoms with Gasteiger partial charge in [0.25, 0.3) is 5.90 Å². The molecule has 0 saturated carbocycles. The summed E-state index contributed by atoms with van der Waals surface area (Å²) in [5.74, 6) is 0.377. The molecule has 0 aromatic heterocycles. The lowest BCUT2D eigenvalue weighted by molar-refractivity contribution is -0.114. The summed E-state index contributed by atoms with van der Waals surface area (Å²) in [7, 11) is 0. The van der Waals surface area contributed by atoms with E-state index >= 15 is 0 Å². The standard InChI is InChI=1S/C7H11NO2/c1-2-3-6(9)7-8-4-5-10-7/h2-5H2,1H3. The van der Waals surface area contributed by atoms with E-state index in [-0.39, 0.29) is 5.78 Å². The molecule has 1 aliphatic heterocycles. The molecule has 0 N–H and O–H groups in total. The zero-order valence-corrected chi connectivity index (χ0v) is 6.09. The number of carbonyl (C=O) groups is 1. The number of aliphatic imine (C=N–C) groups is 1. The van der Waals surface area contributed by atoms with E-state index < -0.39 is 0 Å². The van der Waals surface area contributed by atoms with Crippen LogP contribution in [0.2, 0.25) is 0 Å². The molecule has 0 radical (unpaired) electrons. The van der Waals surface area contributed by atoms with Crippen LogP contribution >= 0.6 is 0 Å². The number of hydrogen-bond acceptors (Lipinski definition) is 3. The first-order valence-electron chi connectivity index (χ1n) is 3.55. The molecule has 0 saturated heterocycles. The van der Waals surface area contributed by atoms with Crippen molar-refractivity contribution < 1.29 is 9.53 Å². The number of rotatable bonds is 3. The molecule has 10 heavy (non-hydrogen) atoms. The Balaban J connectivity index is 2.40. The van der Waals surface area contributed by atoms with Crippen LogP contribution in [0.5, 0.6) is 0 Å². The summed E-state index contributed by atoms with van der Waals surface area (Å²) in [4.78, 5) is 14.9. The minimum absolute atomic E-state index is 0.0417. The predicted octanol–water partition coefficient (Wildman–Crippen LogP) is 0.784. The van der Waals surface area contributed by atoms with Gasteiger partial charge in [-0.25, -0.2) is 4.99 Å². The summed E-state index contributed by atoms with van der Waals surface area (Å²) in [6.45, 7) is 3.18. The van der Waals surface area contributed by atoms with E-state index in [1.807, 2.05) is 6.92 Å². The Morgan fingerprint density at radius 2 is 2.60 bits per heavy atom. The van der Waals surface area contributed by atoms with E-state index in [0.717, 1.165) is 6.42 Å². The van der Waals surface area contributed by atoms with Crippen molar-refractivity contribution in [2.75, 3.05) is 13.2 Å². The Morgan fingerprint density at radius 3 is 3.10 bits per heavy atom. The third kappa shape index (κ3) is 1.56. The predicted molar refractivity (Wildman–Crippen MR) is 38.2 cm³/mol. The molecule has 1 rings (SSSR count). The first-order valence-corrected chi connectivity index (χ1v) is 3.55. The van der Waals surface area contributed by atoms with Crippen molar-refractivity contribution in [1.82, 2.24) is 0 Å². The van der Waals surface area contributed by atoms with E-state index in [0.29, 0.717) is 25.5 Å². The van der Waals surface area contributed by atoms with Gasteiger partial charge in [0.2, 0.25) is 5.78 Å². The Kier molecular flexibility index (Phi) is 2.42. The van der Waals surface area contributed by atoms with Crippen LogP contribution in [0.15, 0.2) is 4.99 Å². The molecule has 0 spiro atoms. The van der Waals surface area contributed by atoms with E-state index in [1.165, 1.54) is 0 Å². The van der Waals surface area contributed by atoms with E-state index in [4.69, 9.17) is 4.74 Å². The van der Waals surface area contributed by atoms with Crippen LogP contribution in [-0.2, 0) is 9.53 Å². The minimum Gasteiger partial charge on any atom is -0.473 e. The van der Waals surface area contributed by atoms with E-state index in [2.05, 4.69) is 4.99 Å². The van der Waals surface area contributed by atoms with Crippen LogP contribution in [-0.4, -0.2) is 24.8 Å². The second-order valence-electron chi connectivity index (χ2n) is 2.21. The second kappa shape index (κ2) is 3.34. The van der Waals surface area contributed by atoms with Crippen molar-refractivity contribution in [3.8, 4) is 0 Å². The average molecular weight is 141 g/mol. The molecule has 1 heterocycles. The zero-order valence-electron chi connectivity index (χ0n) is 6.09. The van der Waals surface area contributed by atoms with E-state index in [9.17, 15) is 4.79 Å². The normalized spacial score (nSPS) is 16.3. The monoisotopic (exact) mass is 141 g/mol. The van der Waals surface area contributed by atoms with Crippen molar-refractivity contribution in [3.05, 3.63) is 0 Å². The first-order chi connectivity index (χ1) is 4.84. The minimum atomic E-state index is 0.0417. The maximum absolute atomic E-state index is 11.0. The first kappa shape index (κ1) is 7.25. The lowest BCUT2D eigenvalue weighted by atomic mass is 10.2. The van der Waals surface area contributed by atoms with Crippen molar-refractivity contribution >= 4 is 11.7 Å². The van der Waals surface area contributed by atoms with Crippen molar-refractivity contribution in [3.63, 3.8) is 0 Å². The molecule has 0 unspecified atom stereocenters. The topological polar surface area (TPSA) is 38.7 Å². The highest BCUT2D eigenvalue weighted by Crippen LogP contribution is 1.99. The molecule has 0 atom stereocenters. The molecule has 3 nitrogen and oxygen atoms in total. The lowest BCUT2D eigenvalue weighted by Gasteiger charge is -1.96. The molecule has 0 amide bonds. The highest BCUT2D eigenvalue weighted by Gasteiger charge is 2.14. The Hall–Kier alpha value is -0.860. The van der Waals surface area contributed by atoms with Crippen molar-refractivity contribution in [2.45, 2.75) is 19.8 Å². The number of carbonyl (C=O) groups excluding carboxylic acids is 1. The number of Topliss-reactive ketones (excluding diaryl/α,β-unsaturated/α-hetero) is 1.